The number of rotatable bonds is 4. The van der Waals surface area contributed by atoms with Crippen LogP contribution in [0.4, 0.5) is 0 Å². The number of hydrogen-bond donors (Lipinski definition) is 1. The average Bonchev–Trinajstić information content (AvgIpc) is 3.51. The Morgan fingerprint density at radius 1 is 0.865 bits per heavy atom. The molecule has 7 heteroatoms. The topological polar surface area (TPSA) is 81.2 Å². The first-order valence-electron chi connectivity index (χ1n) is 11.8. The molecule has 7 rings (SSSR count). The van der Waals surface area contributed by atoms with Gasteiger partial charge in [0.05, 0.1) is 21.3 Å². The van der Waals surface area contributed by atoms with Crippen molar-refractivity contribution in [3.8, 4) is 21.7 Å². The fourth-order valence-corrected chi connectivity index (χ4v) is 6.27. The number of para-hydroxylation sites is 1. The Morgan fingerprint density at radius 3 is 2.46 bits per heavy atom. The smallest absolute Gasteiger partial charge is 0.275 e. The molecule has 2 N–H and O–H groups in total. The minimum absolute atomic E-state index is 0.435. The molecule has 6 aromatic rings. The lowest BCUT2D eigenvalue weighted by Gasteiger charge is -2.24. The van der Waals surface area contributed by atoms with Gasteiger partial charge in [0.2, 0.25) is 0 Å². The lowest BCUT2D eigenvalue weighted by Crippen LogP contribution is -2.45. The maximum atomic E-state index is 12.7. The van der Waals surface area contributed by atoms with Crippen molar-refractivity contribution in [2.24, 2.45) is 5.84 Å². The third-order valence-electron chi connectivity index (χ3n) is 6.98. The molecule has 1 aliphatic heterocycles. The summed E-state index contributed by atoms with van der Waals surface area (Å²) in [6.45, 7) is 4.61. The van der Waals surface area contributed by atoms with Crippen LogP contribution in [-0.2, 0) is 6.54 Å². The summed E-state index contributed by atoms with van der Waals surface area (Å²) in [6, 6.07) is 23.7. The first kappa shape index (κ1) is 21.7. The molecular weight excluding hydrogens is 480 g/mol. The molecule has 0 unspecified atom stereocenters. The zero-order valence-electron chi connectivity index (χ0n) is 19.6. The third kappa shape index (κ3) is 3.11. The minimum atomic E-state index is -0.490. The van der Waals surface area contributed by atoms with Crippen LogP contribution in [0.3, 0.4) is 0 Å². The van der Waals surface area contributed by atoms with Crippen LogP contribution in [0, 0.1) is 0 Å². The van der Waals surface area contributed by atoms with Crippen molar-refractivity contribution in [1.82, 2.24) is 14.6 Å². The van der Waals surface area contributed by atoms with Crippen molar-refractivity contribution in [3.05, 3.63) is 103 Å². The number of hydrogen-bond acceptors (Lipinski definition) is 5. The fraction of sp³-hybridized carbons (Fsp3) is 0.0333. The molecular formula is C30H20N4O2S. The van der Waals surface area contributed by atoms with E-state index in [-0.39, 0.29) is 0 Å². The molecule has 2 aromatic heterocycles. The highest BCUT2D eigenvalue weighted by Crippen LogP contribution is 2.40. The summed E-state index contributed by atoms with van der Waals surface area (Å²) in [5, 5.41) is 4.22. The Labute approximate surface area is 215 Å². The summed E-state index contributed by atoms with van der Waals surface area (Å²) in [5.41, 5.74) is 5.94. The lowest BCUT2D eigenvalue weighted by molar-refractivity contribution is 0.0610. The van der Waals surface area contributed by atoms with Gasteiger partial charge in [-0.25, -0.2) is 15.8 Å². The highest BCUT2D eigenvalue weighted by molar-refractivity contribution is 7.21. The number of fused-ring (bicyclic) bond motifs is 2. The van der Waals surface area contributed by atoms with E-state index in [0.29, 0.717) is 28.1 Å². The first-order chi connectivity index (χ1) is 18.0. The Balaban J connectivity index is 1.48. The normalized spacial score (nSPS) is 13.3. The van der Waals surface area contributed by atoms with Gasteiger partial charge in [-0.15, -0.1) is 17.9 Å². The van der Waals surface area contributed by atoms with Crippen LogP contribution in [0.2, 0.25) is 0 Å². The summed E-state index contributed by atoms with van der Waals surface area (Å²) in [4.78, 5) is 30.4. The number of aromatic nitrogens is 2. The Bertz CT molecular complexity index is 1890. The third-order valence-corrected chi connectivity index (χ3v) is 8.05. The van der Waals surface area contributed by atoms with Crippen LogP contribution in [0.5, 0.6) is 0 Å². The zero-order valence-corrected chi connectivity index (χ0v) is 20.5. The van der Waals surface area contributed by atoms with E-state index in [1.165, 1.54) is 0 Å². The van der Waals surface area contributed by atoms with E-state index in [4.69, 9.17) is 10.8 Å². The number of amides is 2. The second kappa shape index (κ2) is 7.96. The van der Waals surface area contributed by atoms with Crippen molar-refractivity contribution in [2.75, 3.05) is 0 Å². The molecule has 0 atom stereocenters. The van der Waals surface area contributed by atoms with Gasteiger partial charge in [-0.3, -0.25) is 9.59 Å². The Morgan fingerprint density at radius 2 is 1.65 bits per heavy atom. The first-order valence-corrected chi connectivity index (χ1v) is 12.7. The van der Waals surface area contributed by atoms with Crippen LogP contribution in [0.25, 0.3) is 53.6 Å². The monoisotopic (exact) mass is 500 g/mol. The second-order valence-electron chi connectivity index (χ2n) is 9.07. The molecule has 0 saturated heterocycles. The number of nitrogens with zero attached hydrogens (tertiary/aromatic N) is 3. The van der Waals surface area contributed by atoms with Gasteiger partial charge in [-0.2, -0.15) is 0 Å². The van der Waals surface area contributed by atoms with E-state index < -0.39 is 11.8 Å². The van der Waals surface area contributed by atoms with Crippen LogP contribution in [0.1, 0.15) is 20.7 Å². The van der Waals surface area contributed by atoms with Gasteiger partial charge < -0.3 is 4.57 Å². The second-order valence-corrected chi connectivity index (χ2v) is 10.1. The standard InChI is InChI=1S/C30H20N4O2S/c1-2-14-33-16-23(28-32-24-8-3-4-9-26(24)37-28)22-15-17(10-13-25(22)33)18-11-12-21-27-19(18)6-5-7-20(27)29(35)34(31)30(21)36/h2-13,15-16H,1,14,31H2. The highest BCUT2D eigenvalue weighted by atomic mass is 32.1. The number of nitrogens with two attached hydrogens (primary N) is 1. The van der Waals surface area contributed by atoms with E-state index in [0.717, 1.165) is 48.2 Å². The molecule has 178 valence electrons. The molecule has 0 spiro atoms. The van der Waals surface area contributed by atoms with Crippen LogP contribution < -0.4 is 5.84 Å². The van der Waals surface area contributed by atoms with Gasteiger partial charge in [0.15, 0.2) is 0 Å². The summed E-state index contributed by atoms with van der Waals surface area (Å²) < 4.78 is 3.32. The van der Waals surface area contributed by atoms with E-state index in [9.17, 15) is 9.59 Å². The van der Waals surface area contributed by atoms with Crippen LogP contribution in [-0.4, -0.2) is 26.4 Å². The molecule has 0 radical (unpaired) electrons. The summed E-state index contributed by atoms with van der Waals surface area (Å²) >= 11 is 1.67. The minimum Gasteiger partial charge on any atom is -0.343 e. The predicted molar refractivity (Wildman–Crippen MR) is 148 cm³/mol. The number of benzene rings is 4. The molecule has 0 fully saturated rings. The number of hydrazine groups is 1. The Hall–Kier alpha value is -4.59. The fourth-order valence-electron chi connectivity index (χ4n) is 5.28. The quantitative estimate of drug-likeness (QED) is 0.132. The maximum Gasteiger partial charge on any atom is 0.275 e. The molecule has 2 amide bonds. The number of thiazole rings is 1. The van der Waals surface area contributed by atoms with E-state index in [2.05, 4.69) is 41.6 Å². The molecule has 3 heterocycles. The van der Waals surface area contributed by atoms with Crippen molar-refractivity contribution < 1.29 is 9.59 Å². The largest absolute Gasteiger partial charge is 0.343 e. The summed E-state index contributed by atoms with van der Waals surface area (Å²) in [7, 11) is 0. The molecule has 1 aliphatic rings. The summed E-state index contributed by atoms with van der Waals surface area (Å²) in [5.74, 6) is 4.79. The van der Waals surface area contributed by atoms with Gasteiger partial charge in [-0.05, 0) is 52.9 Å². The van der Waals surface area contributed by atoms with Crippen molar-refractivity contribution >= 4 is 55.0 Å². The zero-order chi connectivity index (χ0) is 25.3. The Kier molecular flexibility index (Phi) is 4.66. The van der Waals surface area contributed by atoms with E-state index >= 15 is 0 Å². The predicted octanol–water partition coefficient (Wildman–Crippen LogP) is 6.39. The van der Waals surface area contributed by atoms with Crippen LogP contribution >= 0.6 is 11.3 Å². The SMILES string of the molecule is C=CCn1cc(-c2nc3ccccc3s2)c2cc(-c3ccc4c5c(cccc35)C(=O)N(N)C4=O)ccc21. The number of imide groups is 1. The van der Waals surface area contributed by atoms with Crippen LogP contribution in [0.15, 0.2) is 91.6 Å². The number of allylic oxidation sites excluding steroid dienone is 1. The van der Waals surface area contributed by atoms with E-state index in [1.54, 1.807) is 23.5 Å². The van der Waals surface area contributed by atoms with Crippen molar-refractivity contribution in [2.45, 2.75) is 6.54 Å². The molecule has 4 aromatic carbocycles. The lowest BCUT2D eigenvalue weighted by atomic mass is 9.89. The average molecular weight is 501 g/mol. The number of carbonyl (C=O) groups excluding carboxylic acids is 2. The van der Waals surface area contributed by atoms with Gasteiger partial charge in [0, 0.05) is 34.6 Å². The van der Waals surface area contributed by atoms with Gasteiger partial charge in [-0.1, -0.05) is 42.5 Å². The molecule has 37 heavy (non-hydrogen) atoms. The summed E-state index contributed by atoms with van der Waals surface area (Å²) in [6.07, 6.45) is 4.02. The molecule has 0 bridgehead atoms. The van der Waals surface area contributed by atoms with Gasteiger partial charge in [0.1, 0.15) is 5.01 Å². The van der Waals surface area contributed by atoms with Crippen molar-refractivity contribution in [1.29, 1.82) is 0 Å². The molecule has 0 saturated carbocycles. The molecule has 6 nitrogen and oxygen atoms in total. The van der Waals surface area contributed by atoms with Gasteiger partial charge in [0.25, 0.3) is 11.8 Å². The maximum absolute atomic E-state index is 12.7. The highest BCUT2D eigenvalue weighted by Gasteiger charge is 2.31. The van der Waals surface area contributed by atoms with E-state index in [1.807, 2.05) is 42.5 Å². The van der Waals surface area contributed by atoms with Gasteiger partial charge >= 0.3 is 0 Å². The van der Waals surface area contributed by atoms with Crippen molar-refractivity contribution in [3.63, 3.8) is 0 Å². The molecule has 0 aliphatic carbocycles. The number of carbonyl (C=O) groups is 2.